The number of fused-ring (bicyclic) bond motifs is 1. The summed E-state index contributed by atoms with van der Waals surface area (Å²) in [5.74, 6) is 0.439. The zero-order chi connectivity index (χ0) is 19.3. The molecule has 0 atom stereocenters. The smallest absolute Gasteiger partial charge is 0.305 e. The summed E-state index contributed by atoms with van der Waals surface area (Å²) in [4.78, 5) is 24.5. The third kappa shape index (κ3) is 4.06. The van der Waals surface area contributed by atoms with E-state index in [2.05, 4.69) is 10.9 Å². The van der Waals surface area contributed by atoms with Crippen molar-refractivity contribution in [2.45, 2.75) is 25.9 Å². The van der Waals surface area contributed by atoms with E-state index in [1.165, 1.54) is 11.1 Å². The van der Waals surface area contributed by atoms with Gasteiger partial charge < -0.3 is 9.15 Å². The molecule has 0 spiro atoms. The molecule has 1 heterocycles. The molecule has 0 fully saturated rings. The van der Waals surface area contributed by atoms with Gasteiger partial charge in [-0.25, -0.2) is 0 Å². The first-order chi connectivity index (χ1) is 13.7. The molecule has 1 aliphatic rings. The average Bonchev–Trinajstić information content (AvgIpc) is 3.39. The van der Waals surface area contributed by atoms with Gasteiger partial charge in [-0.05, 0) is 66.8 Å². The summed E-state index contributed by atoms with van der Waals surface area (Å²) >= 11 is 0. The molecule has 0 unspecified atom stereocenters. The first-order valence-corrected chi connectivity index (χ1v) is 9.18. The molecule has 4 rings (SSSR count). The van der Waals surface area contributed by atoms with Gasteiger partial charge in [0.1, 0.15) is 18.1 Å². The lowest BCUT2D eigenvalue weighted by molar-refractivity contribution is 0.0828. The summed E-state index contributed by atoms with van der Waals surface area (Å²) in [6.07, 6.45) is 3.16. The van der Waals surface area contributed by atoms with Crippen LogP contribution < -0.4 is 15.6 Å². The molecule has 6 nitrogen and oxygen atoms in total. The highest BCUT2D eigenvalue weighted by Gasteiger charge is 2.16. The van der Waals surface area contributed by atoms with Crippen molar-refractivity contribution >= 4 is 11.8 Å². The van der Waals surface area contributed by atoms with Gasteiger partial charge in [0.15, 0.2) is 5.76 Å². The first-order valence-electron chi connectivity index (χ1n) is 9.18. The van der Waals surface area contributed by atoms with E-state index in [0.29, 0.717) is 17.1 Å². The van der Waals surface area contributed by atoms with Crippen LogP contribution in [0.15, 0.2) is 65.1 Å². The number of benzene rings is 2. The van der Waals surface area contributed by atoms with E-state index in [9.17, 15) is 9.59 Å². The van der Waals surface area contributed by atoms with Gasteiger partial charge in [0.05, 0.1) is 0 Å². The third-order valence-electron chi connectivity index (χ3n) is 4.66. The number of para-hydroxylation sites is 1. The zero-order valence-corrected chi connectivity index (χ0v) is 15.2. The van der Waals surface area contributed by atoms with E-state index in [1.54, 1.807) is 18.2 Å². The van der Waals surface area contributed by atoms with Crippen molar-refractivity contribution in [3.8, 4) is 5.75 Å². The summed E-state index contributed by atoms with van der Waals surface area (Å²) in [6.45, 7) is 0.207. The number of hydrogen-bond donors (Lipinski definition) is 2. The van der Waals surface area contributed by atoms with Crippen molar-refractivity contribution in [1.29, 1.82) is 0 Å². The van der Waals surface area contributed by atoms with Gasteiger partial charge in [-0.3, -0.25) is 20.4 Å². The predicted octanol–water partition coefficient (Wildman–Crippen LogP) is 3.42. The van der Waals surface area contributed by atoms with Crippen molar-refractivity contribution in [1.82, 2.24) is 10.9 Å². The minimum absolute atomic E-state index is 0.0981. The number of hydrogen-bond acceptors (Lipinski definition) is 4. The summed E-state index contributed by atoms with van der Waals surface area (Å²) in [5, 5.41) is 0. The second kappa shape index (κ2) is 8.00. The van der Waals surface area contributed by atoms with Crippen molar-refractivity contribution in [2.24, 2.45) is 0 Å². The van der Waals surface area contributed by atoms with Gasteiger partial charge in [-0.2, -0.15) is 0 Å². The number of carbonyl (C=O) groups is 2. The molecule has 1 aromatic heterocycles. The quantitative estimate of drug-likeness (QED) is 0.669. The Morgan fingerprint density at radius 3 is 2.54 bits per heavy atom. The Hall–Kier alpha value is -3.54. The normalized spacial score (nSPS) is 12.3. The van der Waals surface area contributed by atoms with Crippen LogP contribution in [0.4, 0.5) is 0 Å². The summed E-state index contributed by atoms with van der Waals surface area (Å²) in [7, 11) is 0. The number of hydrazine groups is 1. The molecule has 0 saturated heterocycles. The number of carbonyl (C=O) groups excluding carboxylic acids is 2. The van der Waals surface area contributed by atoms with Crippen LogP contribution in [0, 0.1) is 0 Å². The predicted molar refractivity (Wildman–Crippen MR) is 103 cm³/mol. The Kier molecular flexibility index (Phi) is 5.10. The number of aryl methyl sites for hydroxylation is 2. The maximum absolute atomic E-state index is 12.3. The van der Waals surface area contributed by atoms with Gasteiger partial charge in [0.25, 0.3) is 5.91 Å². The molecule has 0 bridgehead atoms. The zero-order valence-electron chi connectivity index (χ0n) is 15.2. The number of rotatable bonds is 5. The number of furan rings is 1. The minimum atomic E-state index is -0.527. The third-order valence-corrected chi connectivity index (χ3v) is 4.66. The number of nitrogens with one attached hydrogen (secondary N) is 2. The van der Waals surface area contributed by atoms with Gasteiger partial charge >= 0.3 is 5.91 Å². The largest absolute Gasteiger partial charge is 0.486 e. The van der Waals surface area contributed by atoms with Crippen molar-refractivity contribution in [3.05, 3.63) is 88.9 Å². The van der Waals surface area contributed by atoms with Gasteiger partial charge in [0, 0.05) is 5.56 Å². The Morgan fingerprint density at radius 2 is 1.68 bits per heavy atom. The molecule has 0 aliphatic heterocycles. The van der Waals surface area contributed by atoms with Gasteiger partial charge in [-0.1, -0.05) is 24.3 Å². The lowest BCUT2D eigenvalue weighted by atomic mass is 10.1. The highest BCUT2D eigenvalue weighted by Crippen LogP contribution is 2.22. The fraction of sp³-hybridized carbons (Fsp3) is 0.182. The maximum atomic E-state index is 12.3. The summed E-state index contributed by atoms with van der Waals surface area (Å²) < 4.78 is 11.1. The van der Waals surface area contributed by atoms with Crippen LogP contribution in [0.2, 0.25) is 0 Å². The molecular formula is C22H20N2O4. The van der Waals surface area contributed by atoms with Crippen LogP contribution >= 0.6 is 0 Å². The molecule has 0 radical (unpaired) electrons. The Morgan fingerprint density at radius 1 is 0.893 bits per heavy atom. The lowest BCUT2D eigenvalue weighted by Crippen LogP contribution is -2.41. The monoisotopic (exact) mass is 376 g/mol. The van der Waals surface area contributed by atoms with Crippen LogP contribution in [-0.4, -0.2) is 11.8 Å². The van der Waals surface area contributed by atoms with E-state index in [4.69, 9.17) is 9.15 Å². The molecule has 142 valence electrons. The molecule has 2 amide bonds. The number of ether oxygens (including phenoxy) is 1. The van der Waals surface area contributed by atoms with E-state index in [-0.39, 0.29) is 18.3 Å². The van der Waals surface area contributed by atoms with Gasteiger partial charge in [0.2, 0.25) is 0 Å². The summed E-state index contributed by atoms with van der Waals surface area (Å²) in [6, 6.07) is 18.2. The van der Waals surface area contributed by atoms with Crippen molar-refractivity contribution < 1.29 is 18.7 Å². The Labute approximate surface area is 162 Å². The van der Waals surface area contributed by atoms with E-state index in [1.807, 2.05) is 42.5 Å². The molecule has 6 heteroatoms. The standard InChI is InChI=1S/C22H20N2O4/c25-21(17-10-9-15-5-4-6-16(15)13-17)23-24-22(26)20-12-11-19(28-20)14-27-18-7-2-1-3-8-18/h1-3,7-13H,4-6,14H2,(H,23,25)(H,24,26). The highest BCUT2D eigenvalue weighted by molar-refractivity contribution is 5.98. The molecule has 2 aromatic carbocycles. The Balaban J connectivity index is 1.30. The van der Waals surface area contributed by atoms with Crippen LogP contribution in [0.1, 0.15) is 44.2 Å². The summed E-state index contributed by atoms with van der Waals surface area (Å²) in [5.41, 5.74) is 7.82. The van der Waals surface area contributed by atoms with Crippen LogP contribution in [-0.2, 0) is 19.4 Å². The SMILES string of the molecule is O=C(NNC(=O)c1ccc(COc2ccccc2)o1)c1ccc2c(c1)CCC2. The van der Waals surface area contributed by atoms with E-state index < -0.39 is 5.91 Å². The van der Waals surface area contributed by atoms with Crippen molar-refractivity contribution in [2.75, 3.05) is 0 Å². The van der Waals surface area contributed by atoms with Crippen LogP contribution in [0.25, 0.3) is 0 Å². The molecule has 2 N–H and O–H groups in total. The van der Waals surface area contributed by atoms with Crippen LogP contribution in [0.3, 0.4) is 0 Å². The second-order valence-corrected chi connectivity index (χ2v) is 6.61. The Bertz CT molecular complexity index is 995. The van der Waals surface area contributed by atoms with E-state index >= 15 is 0 Å². The maximum Gasteiger partial charge on any atom is 0.305 e. The molecule has 1 aliphatic carbocycles. The fourth-order valence-electron chi connectivity index (χ4n) is 3.21. The van der Waals surface area contributed by atoms with Gasteiger partial charge in [-0.15, -0.1) is 0 Å². The van der Waals surface area contributed by atoms with Crippen molar-refractivity contribution in [3.63, 3.8) is 0 Å². The highest BCUT2D eigenvalue weighted by atomic mass is 16.5. The van der Waals surface area contributed by atoms with E-state index in [0.717, 1.165) is 19.3 Å². The molecule has 3 aromatic rings. The second-order valence-electron chi connectivity index (χ2n) is 6.61. The van der Waals surface area contributed by atoms with Crippen LogP contribution in [0.5, 0.6) is 5.75 Å². The fourth-order valence-corrected chi connectivity index (χ4v) is 3.21. The molecule has 0 saturated carbocycles. The topological polar surface area (TPSA) is 80.6 Å². The molecular weight excluding hydrogens is 356 g/mol. The average molecular weight is 376 g/mol. The lowest BCUT2D eigenvalue weighted by Gasteiger charge is -2.07. The first kappa shape index (κ1) is 17.9. The molecule has 28 heavy (non-hydrogen) atoms. The number of amides is 2. The minimum Gasteiger partial charge on any atom is -0.486 e.